The van der Waals surface area contributed by atoms with E-state index in [2.05, 4.69) is 16.0 Å². The Hall–Kier alpha value is -7.11. The maximum Gasteiger partial charge on any atom is 0.410 e. The molecule has 1 aliphatic rings. The Morgan fingerprint density at radius 2 is 1.58 bits per heavy atom. The Balaban J connectivity index is 1.14. The van der Waals surface area contributed by atoms with E-state index in [0.29, 0.717) is 61.4 Å². The normalized spacial score (nSPS) is 13.8. The van der Waals surface area contributed by atoms with Crippen LogP contribution in [0.4, 0.5) is 25.4 Å². The van der Waals surface area contributed by atoms with E-state index in [-0.39, 0.29) is 68.1 Å². The van der Waals surface area contributed by atoms with Gasteiger partial charge in [0.15, 0.2) is 0 Å². The van der Waals surface area contributed by atoms with Gasteiger partial charge in [0.05, 0.1) is 17.6 Å². The van der Waals surface area contributed by atoms with Crippen molar-refractivity contribution >= 4 is 52.2 Å². The van der Waals surface area contributed by atoms with Gasteiger partial charge in [0.2, 0.25) is 11.3 Å². The number of aromatic nitrogens is 1. The Kier molecular flexibility index (Phi) is 17.5. The number of halogens is 1. The van der Waals surface area contributed by atoms with Gasteiger partial charge in [-0.25, -0.2) is 18.8 Å². The Labute approximate surface area is 370 Å². The molecule has 1 saturated heterocycles. The van der Waals surface area contributed by atoms with E-state index in [0.717, 1.165) is 24.5 Å². The molecule has 5 rings (SSSR count). The van der Waals surface area contributed by atoms with Crippen LogP contribution in [0, 0.1) is 11.7 Å². The number of ether oxygens (including phenoxy) is 2. The quantitative estimate of drug-likeness (QED) is 0.0455. The summed E-state index contributed by atoms with van der Waals surface area (Å²) < 4.78 is 28.0. The van der Waals surface area contributed by atoms with E-state index in [4.69, 9.17) is 20.9 Å². The molecule has 1 aliphatic heterocycles. The van der Waals surface area contributed by atoms with E-state index in [1.165, 1.54) is 17.2 Å². The number of aromatic carboxylic acids is 1. The van der Waals surface area contributed by atoms with Crippen LogP contribution in [0.25, 0.3) is 10.9 Å². The van der Waals surface area contributed by atoms with Crippen molar-refractivity contribution in [3.8, 4) is 0 Å². The number of nitrogens with two attached hydrogens (primary N) is 2. The minimum Gasteiger partial charge on any atom is -0.477 e. The molecule has 0 spiro atoms. The fraction of sp³-hybridized carbons (Fsp3) is 0.391. The topological polar surface area (TPSA) is 241 Å². The molecule has 18 heteroatoms. The molecular formula is C46H57FN8O9. The van der Waals surface area contributed by atoms with Crippen molar-refractivity contribution in [1.29, 1.82) is 0 Å². The summed E-state index contributed by atoms with van der Waals surface area (Å²) in [5.74, 6) is -3.12. The Morgan fingerprint density at radius 1 is 0.891 bits per heavy atom. The largest absolute Gasteiger partial charge is 0.477 e. The number of pyridine rings is 1. The maximum absolute atomic E-state index is 15.4. The molecule has 4 amide bonds. The first kappa shape index (κ1) is 47.9. The summed E-state index contributed by atoms with van der Waals surface area (Å²) in [6.45, 7) is 5.63. The molecular weight excluding hydrogens is 828 g/mol. The highest BCUT2D eigenvalue weighted by atomic mass is 19.1. The standard InChI is InChI=1S/C46H57FN8O9/c1-3-5-12-32(23-41(56)63-28-30-10-7-6-8-11-30)37(48)26-51-38(13-9-18-50-45(49)61)43(58)52-33-16-14-31(15-17-33)29-64-46(62)55-21-19-54(20-22-55)40-25-39-34(24-36(40)47)42(57)35(44(59)60)27-53(39)4-2/h6-8,10-11,14-17,24-27,32,38,51H,3-5,9,12-13,18-23,28-29,48H2,1-2H3,(H,52,58)(H,59,60)(H3,49,50,61)/b37-26-/t32-,38+/m1/s1. The molecule has 8 N–H and O–H groups in total. The van der Waals surface area contributed by atoms with Gasteiger partial charge in [-0.05, 0) is 61.6 Å². The van der Waals surface area contributed by atoms with Crippen LogP contribution in [-0.2, 0) is 38.8 Å². The third kappa shape index (κ3) is 13.4. The lowest BCUT2D eigenvalue weighted by molar-refractivity contribution is -0.145. The zero-order valence-electron chi connectivity index (χ0n) is 36.1. The second-order valence-corrected chi connectivity index (χ2v) is 15.5. The van der Waals surface area contributed by atoms with Crippen LogP contribution in [0.3, 0.4) is 0 Å². The summed E-state index contributed by atoms with van der Waals surface area (Å²) in [4.78, 5) is 78.3. The minimum atomic E-state index is -1.38. The van der Waals surface area contributed by atoms with Gasteiger partial charge < -0.3 is 56.4 Å². The third-order valence-electron chi connectivity index (χ3n) is 11.0. The molecule has 0 aliphatic carbocycles. The second-order valence-electron chi connectivity index (χ2n) is 15.5. The van der Waals surface area contributed by atoms with Gasteiger partial charge in [-0.2, -0.15) is 0 Å². The van der Waals surface area contributed by atoms with E-state index in [9.17, 15) is 33.9 Å². The van der Waals surface area contributed by atoms with Crippen LogP contribution in [0.1, 0.15) is 73.9 Å². The van der Waals surface area contributed by atoms with E-state index < -0.39 is 40.9 Å². The predicted molar refractivity (Wildman–Crippen MR) is 240 cm³/mol. The molecule has 0 unspecified atom stereocenters. The first-order chi connectivity index (χ1) is 30.8. The minimum absolute atomic E-state index is 0.0220. The number of rotatable bonds is 21. The van der Waals surface area contributed by atoms with Gasteiger partial charge in [-0.15, -0.1) is 0 Å². The Morgan fingerprint density at radius 3 is 2.23 bits per heavy atom. The number of benzene rings is 3. The highest BCUT2D eigenvalue weighted by molar-refractivity contribution is 5.95. The van der Waals surface area contributed by atoms with Crippen LogP contribution in [-0.4, -0.2) is 83.3 Å². The van der Waals surface area contributed by atoms with Crippen molar-refractivity contribution in [3.63, 3.8) is 0 Å². The average Bonchev–Trinajstić information content (AvgIpc) is 3.29. The number of carbonyl (C=O) groups is 5. The number of unbranched alkanes of at least 4 members (excludes halogenated alkanes) is 1. The molecule has 3 aromatic carbocycles. The monoisotopic (exact) mass is 884 g/mol. The zero-order chi connectivity index (χ0) is 46.2. The number of fused-ring (bicyclic) bond motifs is 1. The van der Waals surface area contributed by atoms with Crippen molar-refractivity contribution < 1.29 is 42.9 Å². The van der Waals surface area contributed by atoms with Crippen molar-refractivity contribution in [2.45, 2.75) is 78.2 Å². The van der Waals surface area contributed by atoms with Crippen LogP contribution < -0.4 is 37.7 Å². The molecule has 17 nitrogen and oxygen atoms in total. The lowest BCUT2D eigenvalue weighted by atomic mass is 9.95. The average molecular weight is 885 g/mol. The summed E-state index contributed by atoms with van der Waals surface area (Å²) in [6.07, 6.45) is 5.46. The molecule has 1 aromatic heterocycles. The van der Waals surface area contributed by atoms with Gasteiger partial charge in [0.25, 0.3) is 0 Å². The summed E-state index contributed by atoms with van der Waals surface area (Å²) in [5.41, 5.74) is 13.6. The number of anilines is 2. The van der Waals surface area contributed by atoms with Gasteiger partial charge >= 0.3 is 24.1 Å². The maximum atomic E-state index is 15.4. The first-order valence-electron chi connectivity index (χ1n) is 21.4. The number of esters is 1. The van der Waals surface area contributed by atoms with Gasteiger partial charge in [0.1, 0.15) is 30.6 Å². The third-order valence-corrected chi connectivity index (χ3v) is 11.0. The summed E-state index contributed by atoms with van der Waals surface area (Å²) >= 11 is 0. The lowest BCUT2D eigenvalue weighted by Gasteiger charge is -2.35. The van der Waals surface area contributed by atoms with Crippen molar-refractivity contribution in [2.75, 3.05) is 42.9 Å². The molecule has 2 atom stereocenters. The molecule has 1 fully saturated rings. The number of nitrogens with one attached hydrogen (secondary N) is 3. The van der Waals surface area contributed by atoms with Crippen LogP contribution >= 0.6 is 0 Å². The molecule has 64 heavy (non-hydrogen) atoms. The highest BCUT2D eigenvalue weighted by Gasteiger charge is 2.26. The number of carboxylic acids is 1. The molecule has 342 valence electrons. The number of hydrogen-bond acceptors (Lipinski definition) is 11. The number of primary amides is 1. The van der Waals surface area contributed by atoms with Crippen LogP contribution in [0.2, 0.25) is 0 Å². The number of allylic oxidation sites excluding steroid dienone is 1. The predicted octanol–water partition coefficient (Wildman–Crippen LogP) is 5.40. The lowest BCUT2D eigenvalue weighted by Crippen LogP contribution is -2.49. The SMILES string of the molecule is CCCC[C@H](CC(=O)OCc1ccccc1)/C(N)=C/N[C@@H](CCCNC(N)=O)C(=O)Nc1ccc(COC(=O)N2CCN(c3cc4c(cc3F)c(=O)c(C(=O)O)cn4CC)CC2)cc1. The number of piperazine rings is 1. The molecule has 0 saturated carbocycles. The van der Waals surface area contributed by atoms with Crippen molar-refractivity contribution in [3.05, 3.63) is 118 Å². The zero-order valence-corrected chi connectivity index (χ0v) is 36.1. The van der Waals surface area contributed by atoms with E-state index in [1.807, 2.05) is 37.3 Å². The van der Waals surface area contributed by atoms with Gasteiger partial charge in [-0.1, -0.05) is 62.2 Å². The molecule has 4 aromatic rings. The van der Waals surface area contributed by atoms with Crippen molar-refractivity contribution in [2.24, 2.45) is 17.4 Å². The van der Waals surface area contributed by atoms with Gasteiger partial charge in [-0.3, -0.25) is 14.4 Å². The summed E-state index contributed by atoms with van der Waals surface area (Å²) in [7, 11) is 0. The number of urea groups is 1. The number of carbonyl (C=O) groups excluding carboxylic acids is 4. The van der Waals surface area contributed by atoms with Crippen LogP contribution in [0.15, 0.2) is 89.6 Å². The smallest absolute Gasteiger partial charge is 0.410 e. The number of hydrogen-bond donors (Lipinski definition) is 6. The number of nitrogens with zero attached hydrogens (tertiary/aromatic N) is 3. The molecule has 0 bridgehead atoms. The number of amides is 4. The summed E-state index contributed by atoms with van der Waals surface area (Å²) in [6, 6.07) is 17.3. The first-order valence-corrected chi connectivity index (χ1v) is 21.4. The molecule has 2 heterocycles. The fourth-order valence-corrected chi connectivity index (χ4v) is 7.29. The second kappa shape index (κ2) is 23.4. The molecule has 0 radical (unpaired) electrons. The summed E-state index contributed by atoms with van der Waals surface area (Å²) in [5, 5.41) is 17.9. The Bertz CT molecular complexity index is 2350. The highest BCUT2D eigenvalue weighted by Crippen LogP contribution is 2.27. The number of aryl methyl sites for hydroxylation is 1. The van der Waals surface area contributed by atoms with Gasteiger partial charge in [0, 0.05) is 74.4 Å². The fourth-order valence-electron chi connectivity index (χ4n) is 7.29. The van der Waals surface area contributed by atoms with E-state index in [1.54, 1.807) is 46.9 Å². The van der Waals surface area contributed by atoms with E-state index >= 15 is 4.39 Å². The van der Waals surface area contributed by atoms with Crippen LogP contribution in [0.5, 0.6) is 0 Å². The number of carboxylic acid groups (broad SMARTS) is 1. The van der Waals surface area contributed by atoms with Crippen molar-refractivity contribution in [1.82, 2.24) is 20.1 Å².